The summed E-state index contributed by atoms with van der Waals surface area (Å²) >= 11 is 3.70. The highest BCUT2D eigenvalue weighted by atomic mass is 79.9. The molecule has 0 saturated carbocycles. The fourth-order valence-corrected chi connectivity index (χ4v) is 4.85. The maximum absolute atomic E-state index is 13.5. The molecule has 1 aliphatic heterocycles. The Hall–Kier alpha value is -3.17. The molecule has 1 heterocycles. The van der Waals surface area contributed by atoms with Crippen LogP contribution in [-0.2, 0) is 10.3 Å². The highest BCUT2D eigenvalue weighted by molar-refractivity contribution is 9.09. The van der Waals surface area contributed by atoms with E-state index in [1.165, 1.54) is 5.39 Å². The molecule has 5 rings (SSSR count). The number of fused-ring (bicyclic) bond motifs is 1. The molecule has 0 saturated heterocycles. The third kappa shape index (κ3) is 3.60. The molecule has 0 aromatic heterocycles. The normalized spacial score (nSPS) is 18.2. The van der Waals surface area contributed by atoms with Crippen molar-refractivity contribution in [2.75, 3.05) is 5.33 Å². The standard InChI is InChI=1S/C28H21BrO2/c29-19-28(24-16-15-20-9-7-8-14-23(20)17-24)18-25(26(30)21-10-3-1-4-11-21)27(31-28)22-12-5-2-6-13-22/h1-17H,18-19H2/t28-/m1/s1. The Labute approximate surface area is 190 Å². The van der Waals surface area contributed by atoms with Gasteiger partial charge < -0.3 is 4.74 Å². The lowest BCUT2D eigenvalue weighted by atomic mass is 9.86. The number of hydrogen-bond donors (Lipinski definition) is 0. The largest absolute Gasteiger partial charge is 0.480 e. The van der Waals surface area contributed by atoms with Gasteiger partial charge in [-0.2, -0.15) is 0 Å². The van der Waals surface area contributed by atoms with Gasteiger partial charge in [0.2, 0.25) is 0 Å². The smallest absolute Gasteiger partial charge is 0.192 e. The first kappa shape index (κ1) is 19.8. The molecule has 2 nitrogen and oxygen atoms in total. The van der Waals surface area contributed by atoms with Crippen molar-refractivity contribution in [3.05, 3.63) is 125 Å². The number of ketones is 1. The summed E-state index contributed by atoms with van der Waals surface area (Å²) in [5.41, 5.74) is 2.73. The number of alkyl halides is 1. The van der Waals surface area contributed by atoms with Crippen LogP contribution in [0.25, 0.3) is 16.5 Å². The summed E-state index contributed by atoms with van der Waals surface area (Å²) in [5, 5.41) is 2.93. The van der Waals surface area contributed by atoms with Gasteiger partial charge >= 0.3 is 0 Å². The molecule has 3 heteroatoms. The average molecular weight is 469 g/mol. The predicted octanol–water partition coefficient (Wildman–Crippen LogP) is 7.14. The van der Waals surface area contributed by atoms with Gasteiger partial charge in [0.05, 0.1) is 0 Å². The maximum atomic E-state index is 13.5. The summed E-state index contributed by atoms with van der Waals surface area (Å²) in [7, 11) is 0. The zero-order chi connectivity index (χ0) is 21.3. The fraction of sp³-hybridized carbons (Fsp3) is 0.107. The summed E-state index contributed by atoms with van der Waals surface area (Å²) in [6.07, 6.45) is 0.508. The minimum Gasteiger partial charge on any atom is -0.480 e. The second-order valence-corrected chi connectivity index (χ2v) is 8.40. The zero-order valence-corrected chi connectivity index (χ0v) is 18.5. The molecule has 1 aliphatic rings. The molecule has 4 aromatic carbocycles. The van der Waals surface area contributed by atoms with Crippen molar-refractivity contribution in [2.45, 2.75) is 12.0 Å². The first-order chi connectivity index (χ1) is 15.2. The zero-order valence-electron chi connectivity index (χ0n) is 16.9. The third-order valence-electron chi connectivity index (χ3n) is 5.87. The molecule has 0 aliphatic carbocycles. The molecule has 1 atom stereocenters. The van der Waals surface area contributed by atoms with Gasteiger partial charge in [-0.15, -0.1) is 0 Å². The summed E-state index contributed by atoms with van der Waals surface area (Å²) in [6, 6.07) is 34.1. The number of ether oxygens (including phenoxy) is 1. The number of carbonyl (C=O) groups excluding carboxylic acids is 1. The number of halogens is 1. The molecule has 0 spiro atoms. The van der Waals surface area contributed by atoms with Crippen LogP contribution >= 0.6 is 15.9 Å². The number of carbonyl (C=O) groups is 1. The number of Topliss-reactive ketones (excluding diaryl/α,β-unsaturated/α-hetero) is 1. The van der Waals surface area contributed by atoms with Crippen LogP contribution in [-0.4, -0.2) is 11.1 Å². The van der Waals surface area contributed by atoms with Crippen molar-refractivity contribution in [2.24, 2.45) is 0 Å². The Morgan fingerprint density at radius 1 is 0.806 bits per heavy atom. The van der Waals surface area contributed by atoms with Gasteiger partial charge in [0.25, 0.3) is 0 Å². The molecule has 0 radical (unpaired) electrons. The van der Waals surface area contributed by atoms with Gasteiger partial charge in [-0.1, -0.05) is 113 Å². The fourth-order valence-electron chi connectivity index (χ4n) is 4.21. The van der Waals surface area contributed by atoms with Crippen LogP contribution < -0.4 is 0 Å². The lowest BCUT2D eigenvalue weighted by Gasteiger charge is -2.29. The first-order valence-corrected chi connectivity index (χ1v) is 11.4. The van der Waals surface area contributed by atoms with E-state index in [4.69, 9.17) is 4.74 Å². The predicted molar refractivity (Wildman–Crippen MR) is 129 cm³/mol. The molecule has 31 heavy (non-hydrogen) atoms. The van der Waals surface area contributed by atoms with Crippen LogP contribution in [0.1, 0.15) is 27.9 Å². The van der Waals surface area contributed by atoms with Crippen LogP contribution in [0.5, 0.6) is 0 Å². The Bertz CT molecular complexity index is 1280. The van der Waals surface area contributed by atoms with Gasteiger partial charge in [-0.05, 0) is 22.4 Å². The Kier molecular flexibility index (Phi) is 5.21. The highest BCUT2D eigenvalue weighted by Gasteiger charge is 2.44. The van der Waals surface area contributed by atoms with E-state index in [2.05, 4.69) is 46.3 Å². The van der Waals surface area contributed by atoms with E-state index in [0.29, 0.717) is 28.6 Å². The molecule has 0 bridgehead atoms. The Balaban J connectivity index is 1.62. The molecule has 0 N–H and O–H groups in total. The van der Waals surface area contributed by atoms with E-state index in [1.807, 2.05) is 72.8 Å². The van der Waals surface area contributed by atoms with E-state index in [1.54, 1.807) is 0 Å². The van der Waals surface area contributed by atoms with Gasteiger partial charge in [-0.3, -0.25) is 4.79 Å². The van der Waals surface area contributed by atoms with Gasteiger partial charge in [-0.25, -0.2) is 0 Å². The molecule has 0 amide bonds. The lowest BCUT2D eigenvalue weighted by molar-refractivity contribution is 0.0827. The second kappa shape index (κ2) is 8.16. The SMILES string of the molecule is O=C(C1=C(c2ccccc2)O[C@](CBr)(c2ccc3ccccc3c2)C1)c1ccccc1. The topological polar surface area (TPSA) is 26.3 Å². The highest BCUT2D eigenvalue weighted by Crippen LogP contribution is 2.48. The Morgan fingerprint density at radius 3 is 2.16 bits per heavy atom. The van der Waals surface area contributed by atoms with Crippen molar-refractivity contribution in [3.63, 3.8) is 0 Å². The van der Waals surface area contributed by atoms with Crippen molar-refractivity contribution >= 4 is 38.2 Å². The molecule has 152 valence electrons. The van der Waals surface area contributed by atoms with E-state index in [-0.39, 0.29) is 5.78 Å². The van der Waals surface area contributed by atoms with Crippen LogP contribution in [0, 0.1) is 0 Å². The number of hydrogen-bond acceptors (Lipinski definition) is 2. The Morgan fingerprint density at radius 2 is 1.45 bits per heavy atom. The quantitative estimate of drug-likeness (QED) is 0.229. The molecule has 0 fully saturated rings. The number of rotatable bonds is 5. The minimum absolute atomic E-state index is 0.0167. The van der Waals surface area contributed by atoms with Crippen molar-refractivity contribution in [3.8, 4) is 0 Å². The van der Waals surface area contributed by atoms with Crippen LogP contribution in [0.3, 0.4) is 0 Å². The van der Waals surface area contributed by atoms with Crippen LogP contribution in [0.2, 0.25) is 0 Å². The van der Waals surface area contributed by atoms with Crippen LogP contribution in [0.4, 0.5) is 0 Å². The maximum Gasteiger partial charge on any atom is 0.192 e. The number of benzene rings is 4. The molecule has 4 aromatic rings. The third-order valence-corrected chi connectivity index (χ3v) is 6.78. The van der Waals surface area contributed by atoms with E-state index in [0.717, 1.165) is 16.5 Å². The molecular formula is C28H21BrO2. The van der Waals surface area contributed by atoms with Crippen molar-refractivity contribution < 1.29 is 9.53 Å². The van der Waals surface area contributed by atoms with Crippen LogP contribution in [0.15, 0.2) is 109 Å². The van der Waals surface area contributed by atoms with Gasteiger partial charge in [0.15, 0.2) is 5.78 Å². The second-order valence-electron chi connectivity index (χ2n) is 7.84. The monoisotopic (exact) mass is 468 g/mol. The van der Waals surface area contributed by atoms with Gasteiger partial charge in [0, 0.05) is 28.5 Å². The van der Waals surface area contributed by atoms with Crippen molar-refractivity contribution in [1.82, 2.24) is 0 Å². The summed E-state index contributed by atoms with van der Waals surface area (Å²) in [4.78, 5) is 13.5. The molecular weight excluding hydrogens is 448 g/mol. The van der Waals surface area contributed by atoms with Gasteiger partial charge in [0.1, 0.15) is 11.4 Å². The van der Waals surface area contributed by atoms with E-state index < -0.39 is 5.60 Å². The summed E-state index contributed by atoms with van der Waals surface area (Å²) < 4.78 is 6.69. The van der Waals surface area contributed by atoms with Crippen molar-refractivity contribution in [1.29, 1.82) is 0 Å². The minimum atomic E-state index is -0.644. The lowest BCUT2D eigenvalue weighted by Crippen LogP contribution is -2.28. The average Bonchev–Trinajstić information content (AvgIpc) is 3.26. The summed E-state index contributed by atoms with van der Waals surface area (Å²) in [5.74, 6) is 0.685. The van der Waals surface area contributed by atoms with E-state index >= 15 is 0 Å². The first-order valence-electron chi connectivity index (χ1n) is 10.3. The van der Waals surface area contributed by atoms with E-state index in [9.17, 15) is 4.79 Å². The molecule has 0 unspecified atom stereocenters. The summed E-state index contributed by atoms with van der Waals surface area (Å²) in [6.45, 7) is 0.